The molecule has 0 unspecified atom stereocenters. The van der Waals surface area contributed by atoms with E-state index in [0.29, 0.717) is 34.9 Å². The number of fused-ring (bicyclic) bond motifs is 2. The molecule has 0 bridgehead atoms. The van der Waals surface area contributed by atoms with Gasteiger partial charge in [0.25, 0.3) is 5.91 Å². The second kappa shape index (κ2) is 9.56. The van der Waals surface area contributed by atoms with Crippen molar-refractivity contribution in [2.45, 2.75) is 70.6 Å². The lowest BCUT2D eigenvalue weighted by Gasteiger charge is -2.53. The molecule has 1 aliphatic heterocycles. The third-order valence-electron chi connectivity index (χ3n) is 8.15. The van der Waals surface area contributed by atoms with Crippen LogP contribution in [0.2, 0.25) is 5.02 Å². The van der Waals surface area contributed by atoms with Gasteiger partial charge in [0.15, 0.2) is 6.10 Å². The first kappa shape index (κ1) is 24.8. The third kappa shape index (κ3) is 4.41. The molecule has 7 heteroatoms. The molecule has 5 rings (SSSR count). The minimum absolute atomic E-state index is 0.0431. The molecule has 1 saturated heterocycles. The van der Waals surface area contributed by atoms with Gasteiger partial charge in [-0.1, -0.05) is 36.6 Å². The summed E-state index contributed by atoms with van der Waals surface area (Å²) in [6.45, 7) is 5.83. The van der Waals surface area contributed by atoms with Crippen LogP contribution in [-0.2, 0) is 4.79 Å². The van der Waals surface area contributed by atoms with E-state index in [9.17, 15) is 14.7 Å². The second-order valence-corrected chi connectivity index (χ2v) is 10.7. The quantitative estimate of drug-likeness (QED) is 0.454. The molecule has 2 heterocycles. The zero-order valence-corrected chi connectivity index (χ0v) is 21.7. The van der Waals surface area contributed by atoms with E-state index in [-0.39, 0.29) is 23.5 Å². The first-order valence-corrected chi connectivity index (χ1v) is 13.0. The average Bonchev–Trinajstić information content (AvgIpc) is 2.86. The summed E-state index contributed by atoms with van der Waals surface area (Å²) in [6, 6.07) is 12.6. The van der Waals surface area contributed by atoms with Crippen LogP contribution in [0.4, 0.5) is 0 Å². The van der Waals surface area contributed by atoms with E-state index in [4.69, 9.17) is 20.8 Å². The lowest BCUT2D eigenvalue weighted by Crippen LogP contribution is -2.58. The Bertz CT molecular complexity index is 1350. The minimum atomic E-state index is -0.769. The van der Waals surface area contributed by atoms with Crippen molar-refractivity contribution >= 4 is 28.5 Å². The fraction of sp³-hybridized carbons (Fsp3) is 0.448. The number of aliphatic hydroxyl groups is 1. The Kier molecular flexibility index (Phi) is 6.60. The number of aryl methyl sites for hydroxylation is 1. The van der Waals surface area contributed by atoms with E-state index in [2.05, 4.69) is 0 Å². The maximum Gasteiger partial charge on any atom is 0.339 e. The van der Waals surface area contributed by atoms with E-state index in [0.717, 1.165) is 42.2 Å². The van der Waals surface area contributed by atoms with Crippen LogP contribution in [0.5, 0.6) is 5.75 Å². The molecule has 3 aromatic rings. The monoisotopic (exact) mass is 509 g/mol. The summed E-state index contributed by atoms with van der Waals surface area (Å²) in [5, 5.41) is 13.0. The predicted molar refractivity (Wildman–Crippen MR) is 139 cm³/mol. The molecule has 2 aromatic carbocycles. The summed E-state index contributed by atoms with van der Waals surface area (Å²) in [5.41, 5.74) is 1.72. The maximum atomic E-state index is 13.8. The van der Waals surface area contributed by atoms with Gasteiger partial charge in [0.1, 0.15) is 11.3 Å². The fourth-order valence-electron chi connectivity index (χ4n) is 5.99. The van der Waals surface area contributed by atoms with Gasteiger partial charge in [-0.25, -0.2) is 4.79 Å². The normalized spacial score (nSPS) is 24.9. The number of likely N-dealkylation sites (tertiary alicyclic amines) is 1. The van der Waals surface area contributed by atoms with Crippen molar-refractivity contribution in [2.24, 2.45) is 5.92 Å². The van der Waals surface area contributed by atoms with Gasteiger partial charge < -0.3 is 19.2 Å². The van der Waals surface area contributed by atoms with Crippen molar-refractivity contribution in [1.82, 2.24) is 4.90 Å². The molecule has 0 radical (unpaired) electrons. The second-order valence-electron chi connectivity index (χ2n) is 10.3. The Balaban J connectivity index is 1.43. The number of hydrogen-bond acceptors (Lipinski definition) is 5. The number of hydrogen-bond donors (Lipinski definition) is 1. The van der Waals surface area contributed by atoms with E-state index in [1.54, 1.807) is 26.0 Å². The number of benzene rings is 2. The van der Waals surface area contributed by atoms with Gasteiger partial charge in [0, 0.05) is 34.5 Å². The molecule has 2 fully saturated rings. The van der Waals surface area contributed by atoms with E-state index < -0.39 is 11.7 Å². The SMILES string of the molecule is Cc1c(C)c2ccc(O[C@@H](C)C(=O)N3CC[C@@]4(O)CCCC[C@H]4[C@@H]3c3ccc(Cl)cc3)cc2oc1=O. The van der Waals surface area contributed by atoms with Crippen LogP contribution in [-0.4, -0.2) is 34.2 Å². The van der Waals surface area contributed by atoms with Crippen molar-refractivity contribution in [3.05, 3.63) is 74.6 Å². The Morgan fingerprint density at radius 1 is 1.14 bits per heavy atom. The zero-order chi connectivity index (χ0) is 25.6. The number of carbonyl (C=O) groups excluding carboxylic acids is 1. The maximum absolute atomic E-state index is 13.8. The highest BCUT2D eigenvalue weighted by Crippen LogP contribution is 2.49. The molecular formula is C29H32ClNO5. The first-order valence-electron chi connectivity index (χ1n) is 12.7. The molecule has 1 amide bonds. The van der Waals surface area contributed by atoms with Crippen LogP contribution < -0.4 is 10.4 Å². The molecule has 4 atom stereocenters. The Hall–Kier alpha value is -2.83. The van der Waals surface area contributed by atoms with Crippen molar-refractivity contribution in [1.29, 1.82) is 0 Å². The predicted octanol–water partition coefficient (Wildman–Crippen LogP) is 5.73. The first-order chi connectivity index (χ1) is 17.2. The lowest BCUT2D eigenvalue weighted by atomic mass is 9.66. The van der Waals surface area contributed by atoms with Crippen LogP contribution in [0, 0.1) is 19.8 Å². The van der Waals surface area contributed by atoms with E-state index in [1.165, 1.54) is 0 Å². The molecular weight excluding hydrogens is 478 g/mol. The highest BCUT2D eigenvalue weighted by Gasteiger charge is 2.50. The van der Waals surface area contributed by atoms with Crippen molar-refractivity contribution in [3.8, 4) is 5.75 Å². The molecule has 1 aliphatic carbocycles. The molecule has 2 aliphatic rings. The van der Waals surface area contributed by atoms with Crippen LogP contribution in [0.3, 0.4) is 0 Å². The van der Waals surface area contributed by atoms with Gasteiger partial charge in [-0.15, -0.1) is 0 Å². The minimum Gasteiger partial charge on any atom is -0.481 e. The van der Waals surface area contributed by atoms with Crippen LogP contribution >= 0.6 is 11.6 Å². The lowest BCUT2D eigenvalue weighted by molar-refractivity contribution is -0.161. The van der Waals surface area contributed by atoms with Crippen molar-refractivity contribution < 1.29 is 19.1 Å². The highest BCUT2D eigenvalue weighted by atomic mass is 35.5. The van der Waals surface area contributed by atoms with Gasteiger partial charge in [-0.05, 0) is 75.4 Å². The fourth-order valence-corrected chi connectivity index (χ4v) is 6.12. The summed E-state index contributed by atoms with van der Waals surface area (Å²) >= 11 is 6.15. The van der Waals surface area contributed by atoms with Crippen molar-refractivity contribution in [3.63, 3.8) is 0 Å². The molecule has 190 valence electrons. The van der Waals surface area contributed by atoms with Crippen molar-refractivity contribution in [2.75, 3.05) is 6.54 Å². The topological polar surface area (TPSA) is 80.0 Å². The number of nitrogens with zero attached hydrogens (tertiary/aromatic N) is 1. The van der Waals surface area contributed by atoms with E-state index in [1.807, 2.05) is 42.2 Å². The molecule has 6 nitrogen and oxygen atoms in total. The Morgan fingerprint density at radius 3 is 2.64 bits per heavy atom. The smallest absolute Gasteiger partial charge is 0.339 e. The summed E-state index contributed by atoms with van der Waals surface area (Å²) < 4.78 is 11.5. The largest absolute Gasteiger partial charge is 0.481 e. The number of amides is 1. The van der Waals surface area contributed by atoms with Gasteiger partial charge in [0.05, 0.1) is 11.6 Å². The number of rotatable bonds is 4. The highest BCUT2D eigenvalue weighted by molar-refractivity contribution is 6.30. The third-order valence-corrected chi connectivity index (χ3v) is 8.40. The number of carbonyl (C=O) groups is 1. The van der Waals surface area contributed by atoms with Crippen LogP contribution in [0.25, 0.3) is 11.0 Å². The van der Waals surface area contributed by atoms with Gasteiger partial charge in [-0.2, -0.15) is 0 Å². The molecule has 1 aromatic heterocycles. The molecule has 1 saturated carbocycles. The Morgan fingerprint density at radius 2 is 1.89 bits per heavy atom. The van der Waals surface area contributed by atoms with E-state index >= 15 is 0 Å². The standard InChI is InChI=1S/C29H32ClNO5/c1-17-18(2)28(33)36-25-16-22(11-12-23(17)25)35-19(3)27(32)31-15-14-29(34)13-5-4-6-24(29)26(31)20-7-9-21(30)10-8-20/h7-12,16,19,24,26,34H,4-6,13-15H2,1-3H3/t19-,24-,26-,29-/m0/s1. The average molecular weight is 510 g/mol. The summed E-state index contributed by atoms with van der Waals surface area (Å²) in [5.74, 6) is 0.284. The zero-order valence-electron chi connectivity index (χ0n) is 20.9. The molecule has 36 heavy (non-hydrogen) atoms. The van der Waals surface area contributed by atoms with Crippen LogP contribution in [0.15, 0.2) is 51.7 Å². The number of ether oxygens (including phenoxy) is 1. The van der Waals surface area contributed by atoms with Crippen LogP contribution in [0.1, 0.15) is 61.8 Å². The summed E-state index contributed by atoms with van der Waals surface area (Å²) in [4.78, 5) is 27.8. The van der Waals surface area contributed by atoms with Gasteiger partial charge >= 0.3 is 5.63 Å². The molecule has 1 N–H and O–H groups in total. The number of piperidine rings is 1. The number of halogens is 1. The molecule has 0 spiro atoms. The van der Waals surface area contributed by atoms with Gasteiger partial charge in [-0.3, -0.25) is 4.79 Å². The van der Waals surface area contributed by atoms with Gasteiger partial charge in [0.2, 0.25) is 0 Å². The summed E-state index contributed by atoms with van der Waals surface area (Å²) in [6.07, 6.45) is 3.46. The Labute approximate surface area is 215 Å². The summed E-state index contributed by atoms with van der Waals surface area (Å²) in [7, 11) is 0.